The number of aliphatic carboxylic acids is 4. The van der Waals surface area contributed by atoms with Crippen molar-refractivity contribution in [1.82, 2.24) is 41.2 Å². The summed E-state index contributed by atoms with van der Waals surface area (Å²) >= 11 is 2.00. The van der Waals surface area contributed by atoms with Crippen LogP contribution in [-0.4, -0.2) is 142 Å². The molecule has 0 aromatic carbocycles. The zero-order valence-electron chi connectivity index (χ0n) is 33.6. The molecular weight excluding hydrogens is 873 g/mol. The quantitative estimate of drug-likeness (QED) is 0.0461. The molecule has 1 fully saturated rings. The fraction of sp³-hybridized carbons (Fsp3) is 0.528. The number of nitrogens with zero attached hydrogens (tertiary/aromatic N) is 4. The van der Waals surface area contributed by atoms with Crippen molar-refractivity contribution >= 4 is 88.4 Å². The van der Waals surface area contributed by atoms with E-state index in [-0.39, 0.29) is 78.8 Å². The van der Waals surface area contributed by atoms with Crippen LogP contribution in [0.15, 0.2) is 24.8 Å². The van der Waals surface area contributed by atoms with Gasteiger partial charge in [0.15, 0.2) is 0 Å². The van der Waals surface area contributed by atoms with E-state index in [4.69, 9.17) is 33.1 Å². The summed E-state index contributed by atoms with van der Waals surface area (Å²) in [4.78, 5) is 129. The number of aromatic nitrogens is 4. The molecule has 0 aliphatic heterocycles. The molecule has 2 aromatic rings. The number of carboxylic acid groups (broad SMARTS) is 4. The van der Waals surface area contributed by atoms with Crippen molar-refractivity contribution in [3.63, 3.8) is 0 Å². The molecule has 1 saturated carbocycles. The molecule has 0 spiro atoms. The molecule has 25 nitrogen and oxygen atoms in total. The first-order valence-electron chi connectivity index (χ1n) is 19.2. The van der Waals surface area contributed by atoms with Gasteiger partial charge in [0.1, 0.15) is 54.7 Å². The Morgan fingerprint density at radius 1 is 0.635 bits per heavy atom. The van der Waals surface area contributed by atoms with Crippen LogP contribution in [0.5, 0.6) is 0 Å². The predicted octanol–water partition coefficient (Wildman–Crippen LogP) is -2.58. The molecule has 63 heavy (non-hydrogen) atoms. The van der Waals surface area contributed by atoms with Crippen LogP contribution in [0.2, 0.25) is 0 Å². The van der Waals surface area contributed by atoms with Crippen molar-refractivity contribution in [3.05, 3.63) is 36.2 Å². The molecule has 16 N–H and O–H groups in total. The van der Waals surface area contributed by atoms with E-state index in [2.05, 4.69) is 41.2 Å². The molecule has 344 valence electrons. The van der Waals surface area contributed by atoms with Gasteiger partial charge in [-0.15, -0.1) is 23.5 Å². The van der Waals surface area contributed by atoms with Crippen molar-refractivity contribution < 1.29 is 63.6 Å². The van der Waals surface area contributed by atoms with Gasteiger partial charge in [-0.25, -0.2) is 9.97 Å². The smallest absolute Gasteiger partial charge is 0.322 e. The Bertz CT molecular complexity index is 1860. The maximum absolute atomic E-state index is 14.9. The Kier molecular flexibility index (Phi) is 20.3. The Morgan fingerprint density at radius 3 is 1.33 bits per heavy atom. The van der Waals surface area contributed by atoms with Crippen LogP contribution < -0.4 is 44.2 Å². The molecule has 8 atom stereocenters. The molecule has 2 heterocycles. The number of rotatable bonds is 26. The SMILES string of the molecule is Nc1nccnc1C(SC[C@H](NC(=O)CC[C@@H](N)C(=O)O)C(=O)NCC(=O)O)C1CCCC(C(SC[C@H](NC(=O)CC[C@H](N)C(=O)O)C(=O)NCC(=O)O)c2nccnc2N)C1=O. The summed E-state index contributed by atoms with van der Waals surface area (Å²) in [6.07, 6.45) is 4.95. The summed E-state index contributed by atoms with van der Waals surface area (Å²) < 4.78 is 0. The van der Waals surface area contributed by atoms with Gasteiger partial charge in [-0.1, -0.05) is 6.42 Å². The van der Waals surface area contributed by atoms with Gasteiger partial charge < -0.3 is 64.6 Å². The van der Waals surface area contributed by atoms with Crippen LogP contribution in [0.4, 0.5) is 11.6 Å². The van der Waals surface area contributed by atoms with Gasteiger partial charge in [-0.05, 0) is 25.7 Å². The number of Topliss-reactive ketones (excluding diaryl/α,β-unsaturated/α-hetero) is 1. The summed E-state index contributed by atoms with van der Waals surface area (Å²) in [7, 11) is 0. The number of carbonyl (C=O) groups excluding carboxylic acids is 5. The van der Waals surface area contributed by atoms with Gasteiger partial charge in [-0.2, -0.15) is 0 Å². The summed E-state index contributed by atoms with van der Waals surface area (Å²) in [5.41, 5.74) is 24.0. The fourth-order valence-corrected chi connectivity index (χ4v) is 9.29. The second kappa shape index (κ2) is 25.1. The van der Waals surface area contributed by atoms with E-state index < -0.39 is 107 Å². The second-order valence-corrected chi connectivity index (χ2v) is 16.5. The molecule has 4 amide bonds. The van der Waals surface area contributed by atoms with E-state index in [1.807, 2.05) is 0 Å². The molecule has 2 aromatic heterocycles. The number of carboxylic acids is 4. The maximum atomic E-state index is 14.9. The number of carbonyl (C=O) groups is 9. The minimum absolute atomic E-state index is 0.0529. The number of hydrogen-bond acceptors (Lipinski definition) is 19. The lowest BCUT2D eigenvalue weighted by molar-refractivity contribution is -0.140. The number of hydrogen-bond donors (Lipinski definition) is 12. The van der Waals surface area contributed by atoms with E-state index >= 15 is 0 Å². The molecule has 27 heteroatoms. The summed E-state index contributed by atoms with van der Waals surface area (Å²) in [5.74, 6) is -11.6. The highest BCUT2D eigenvalue weighted by molar-refractivity contribution is 7.99. The lowest BCUT2D eigenvalue weighted by atomic mass is 9.75. The van der Waals surface area contributed by atoms with Crippen LogP contribution in [0.25, 0.3) is 0 Å². The fourth-order valence-electron chi connectivity index (χ4n) is 6.34. The minimum atomic E-state index is -1.40. The number of ketones is 1. The highest BCUT2D eigenvalue weighted by atomic mass is 32.2. The third-order valence-corrected chi connectivity index (χ3v) is 12.4. The Balaban J connectivity index is 1.99. The standard InChI is InChI=1S/C36H50N12O13S2/c37-18(35(58)59)4-6-22(49)47-20(33(56)45-12-24(51)52)14-62-29(26-31(39)43-10-8-41-26)16-2-1-3-17(28(16)55)30(27-32(40)44-11-9-42-27)63-15-21(34(57)46-13-25(53)54)48-23(50)7-5-19(38)36(60)61/h8-11,16-21,29-30H,1-7,12-15,37-38H2,(H2,39,43)(H2,40,44)(H,45,56)(H,46,57)(H,47,49)(H,48,50)(H,51,52)(H,53,54)(H,58,59)(H,60,61)/t16?,17?,18-,19+,20-,21-,29?,30?/m0/s1. The van der Waals surface area contributed by atoms with Crippen molar-refractivity contribution in [3.8, 4) is 0 Å². The van der Waals surface area contributed by atoms with Crippen LogP contribution in [0.3, 0.4) is 0 Å². The first-order chi connectivity index (χ1) is 29.8. The first kappa shape index (κ1) is 51.2. The average Bonchev–Trinajstić information content (AvgIpc) is 3.23. The Labute approximate surface area is 367 Å². The normalized spacial score (nSPS) is 17.7. The summed E-state index contributed by atoms with van der Waals surface area (Å²) in [6, 6.07) is -5.54. The molecule has 1 aliphatic carbocycles. The van der Waals surface area contributed by atoms with Gasteiger partial charge in [0.2, 0.25) is 23.6 Å². The number of amides is 4. The van der Waals surface area contributed by atoms with Crippen LogP contribution in [-0.2, 0) is 43.2 Å². The van der Waals surface area contributed by atoms with Crippen molar-refractivity contribution in [2.45, 2.75) is 79.6 Å². The average molecular weight is 923 g/mol. The van der Waals surface area contributed by atoms with E-state index in [0.29, 0.717) is 6.42 Å². The highest BCUT2D eigenvalue weighted by Gasteiger charge is 2.44. The van der Waals surface area contributed by atoms with Gasteiger partial charge in [0.25, 0.3) is 0 Å². The largest absolute Gasteiger partial charge is 0.480 e. The van der Waals surface area contributed by atoms with Crippen molar-refractivity contribution in [1.29, 1.82) is 0 Å². The number of nitrogens with one attached hydrogen (secondary N) is 4. The number of thioether (sulfide) groups is 2. The summed E-state index contributed by atoms with van der Waals surface area (Å²) in [6.45, 7) is -1.59. The van der Waals surface area contributed by atoms with E-state index in [0.717, 1.165) is 23.5 Å². The number of nitrogens with two attached hydrogens (primary N) is 4. The maximum Gasteiger partial charge on any atom is 0.322 e. The monoisotopic (exact) mass is 922 g/mol. The predicted molar refractivity (Wildman–Crippen MR) is 224 cm³/mol. The zero-order chi connectivity index (χ0) is 46.8. The van der Waals surface area contributed by atoms with Crippen molar-refractivity contribution in [2.24, 2.45) is 23.3 Å². The van der Waals surface area contributed by atoms with Crippen LogP contribution in [0.1, 0.15) is 66.8 Å². The van der Waals surface area contributed by atoms with Crippen LogP contribution >= 0.6 is 23.5 Å². The van der Waals surface area contributed by atoms with E-state index in [1.165, 1.54) is 24.8 Å². The van der Waals surface area contributed by atoms with E-state index in [9.17, 15) is 53.4 Å². The van der Waals surface area contributed by atoms with Crippen LogP contribution in [0, 0.1) is 11.8 Å². The van der Waals surface area contributed by atoms with Crippen molar-refractivity contribution in [2.75, 3.05) is 36.1 Å². The molecule has 0 saturated heterocycles. The zero-order valence-corrected chi connectivity index (χ0v) is 35.2. The van der Waals surface area contributed by atoms with E-state index in [1.54, 1.807) is 0 Å². The minimum Gasteiger partial charge on any atom is -0.480 e. The molecule has 4 unspecified atom stereocenters. The molecule has 0 bridgehead atoms. The molecule has 0 radical (unpaired) electrons. The Hall–Kier alpha value is -6.19. The third-order valence-electron chi connectivity index (χ3n) is 9.56. The molecule has 1 aliphatic rings. The molecular formula is C36H50N12O13S2. The Morgan fingerprint density at radius 2 is 1.00 bits per heavy atom. The lowest BCUT2D eigenvalue weighted by Crippen LogP contribution is -2.50. The third kappa shape index (κ3) is 16.2. The topological polar surface area (TPSA) is 438 Å². The highest BCUT2D eigenvalue weighted by Crippen LogP contribution is 2.49. The first-order valence-corrected chi connectivity index (χ1v) is 21.3. The van der Waals surface area contributed by atoms with Gasteiger partial charge in [0.05, 0.1) is 21.9 Å². The number of nitrogen functional groups attached to an aromatic ring is 2. The lowest BCUT2D eigenvalue weighted by Gasteiger charge is -2.37. The van der Waals surface area contributed by atoms with Gasteiger partial charge in [-0.3, -0.25) is 53.1 Å². The van der Waals surface area contributed by atoms with Gasteiger partial charge >= 0.3 is 23.9 Å². The van der Waals surface area contributed by atoms with Gasteiger partial charge in [0, 0.05) is 61.0 Å². The molecule has 3 rings (SSSR count). The number of anilines is 2. The summed E-state index contributed by atoms with van der Waals surface area (Å²) in [5, 5.41) is 44.1. The second-order valence-electron chi connectivity index (χ2n) is 14.1.